The van der Waals surface area contributed by atoms with Crippen LogP contribution in [0.2, 0.25) is 0 Å². The Hall–Kier alpha value is -2.58. The molecule has 29 heavy (non-hydrogen) atoms. The molecule has 0 radical (unpaired) electrons. The second-order valence-electron chi connectivity index (χ2n) is 5.64. The first-order valence-corrected chi connectivity index (χ1v) is 11.3. The second kappa shape index (κ2) is 11.4. The van der Waals surface area contributed by atoms with E-state index >= 15 is 0 Å². The van der Waals surface area contributed by atoms with Crippen LogP contribution < -0.4 is 18.9 Å². The molecular formula is C21H24O6S2. The second-order valence-corrected chi connectivity index (χ2v) is 8.65. The molecule has 0 spiro atoms. The van der Waals surface area contributed by atoms with Gasteiger partial charge in [-0.15, -0.1) is 0 Å². The lowest BCUT2D eigenvalue weighted by Crippen LogP contribution is -1.99. The molecule has 0 heterocycles. The van der Waals surface area contributed by atoms with Gasteiger partial charge < -0.3 is 18.9 Å². The Bertz CT molecular complexity index is 817. The van der Waals surface area contributed by atoms with Crippen molar-refractivity contribution in [1.29, 1.82) is 0 Å². The molecule has 0 aromatic heterocycles. The highest BCUT2D eigenvalue weighted by Crippen LogP contribution is 2.30. The van der Waals surface area contributed by atoms with E-state index < -0.39 is 21.6 Å². The first kappa shape index (κ1) is 22.7. The lowest BCUT2D eigenvalue weighted by Gasteiger charge is -2.09. The molecule has 0 aliphatic rings. The third-order valence-corrected chi connectivity index (χ3v) is 6.67. The van der Waals surface area contributed by atoms with Crippen LogP contribution in [0.25, 0.3) is 12.2 Å². The number of hydrogen-bond acceptors (Lipinski definition) is 6. The summed E-state index contributed by atoms with van der Waals surface area (Å²) < 4.78 is 45.9. The summed E-state index contributed by atoms with van der Waals surface area (Å²) in [5, 5.41) is 2.92. The Kier molecular flexibility index (Phi) is 8.95. The van der Waals surface area contributed by atoms with Crippen molar-refractivity contribution < 1.29 is 27.4 Å². The van der Waals surface area contributed by atoms with Gasteiger partial charge in [-0.1, -0.05) is 12.1 Å². The van der Waals surface area contributed by atoms with E-state index in [-0.39, 0.29) is 5.08 Å². The van der Waals surface area contributed by atoms with Gasteiger partial charge in [-0.2, -0.15) is 0 Å². The minimum absolute atomic E-state index is 0.0398. The van der Waals surface area contributed by atoms with Gasteiger partial charge in [0.2, 0.25) is 0 Å². The van der Waals surface area contributed by atoms with Gasteiger partial charge in [0.25, 0.3) is 0 Å². The van der Waals surface area contributed by atoms with Crippen LogP contribution in [-0.2, 0) is 21.6 Å². The van der Waals surface area contributed by atoms with Crippen LogP contribution in [0.1, 0.15) is 11.1 Å². The Morgan fingerprint density at radius 2 is 0.966 bits per heavy atom. The van der Waals surface area contributed by atoms with Crippen molar-refractivity contribution in [3.05, 3.63) is 58.3 Å². The van der Waals surface area contributed by atoms with Crippen LogP contribution in [-0.4, -0.2) is 41.9 Å². The van der Waals surface area contributed by atoms with Gasteiger partial charge in [-0.3, -0.25) is 8.42 Å². The van der Waals surface area contributed by atoms with Crippen molar-refractivity contribution in [1.82, 2.24) is 0 Å². The van der Waals surface area contributed by atoms with E-state index in [2.05, 4.69) is 0 Å². The Morgan fingerprint density at radius 1 is 0.655 bits per heavy atom. The lowest BCUT2D eigenvalue weighted by molar-refractivity contribution is 0.392. The highest BCUT2D eigenvalue weighted by molar-refractivity contribution is 8.04. The number of methoxy groups -OCH3 is 4. The third-order valence-electron chi connectivity index (χ3n) is 3.94. The molecule has 0 aliphatic carbocycles. The number of benzene rings is 2. The average molecular weight is 437 g/mol. The largest absolute Gasteiger partial charge is 0.496 e. The first-order valence-electron chi connectivity index (χ1n) is 8.56. The van der Waals surface area contributed by atoms with Crippen molar-refractivity contribution in [2.24, 2.45) is 0 Å². The van der Waals surface area contributed by atoms with Crippen molar-refractivity contribution in [2.45, 2.75) is 0 Å². The Balaban J connectivity index is 2.10. The number of ether oxygens (including phenoxy) is 4. The minimum atomic E-state index is -1.45. The molecule has 156 valence electrons. The van der Waals surface area contributed by atoms with Crippen molar-refractivity contribution in [3.63, 3.8) is 0 Å². The average Bonchev–Trinajstić information content (AvgIpc) is 2.75. The monoisotopic (exact) mass is 436 g/mol. The summed E-state index contributed by atoms with van der Waals surface area (Å²) in [4.78, 5) is 0. The molecule has 8 heteroatoms. The van der Waals surface area contributed by atoms with Gasteiger partial charge in [0.15, 0.2) is 0 Å². The molecule has 6 nitrogen and oxygen atoms in total. The van der Waals surface area contributed by atoms with Gasteiger partial charge in [-0.25, -0.2) is 0 Å². The van der Waals surface area contributed by atoms with E-state index in [1.807, 2.05) is 0 Å². The van der Waals surface area contributed by atoms with E-state index in [4.69, 9.17) is 18.9 Å². The summed E-state index contributed by atoms with van der Waals surface area (Å²) in [6, 6.07) is 10.7. The van der Waals surface area contributed by atoms with Crippen molar-refractivity contribution in [2.75, 3.05) is 33.5 Å². The maximum Gasteiger partial charge on any atom is 0.129 e. The summed E-state index contributed by atoms with van der Waals surface area (Å²) in [6.07, 6.45) is 3.30. The molecule has 2 rings (SSSR count). The fourth-order valence-electron chi connectivity index (χ4n) is 2.57. The predicted octanol–water partition coefficient (Wildman–Crippen LogP) is 3.82. The van der Waals surface area contributed by atoms with Crippen LogP contribution in [0.4, 0.5) is 0 Å². The fourth-order valence-corrected chi connectivity index (χ4v) is 4.69. The standard InChI is InChI=1S/C21H24O6S2/c1-24-18-7-5-8-19(25-2)16(18)11-13-28(22)15-29(23)14-12-17-20(26-3)9-6-10-21(17)27-4/h5-14H,15H2,1-4H3/b13-11+,14-12?. The van der Waals surface area contributed by atoms with Crippen molar-refractivity contribution >= 4 is 33.8 Å². The summed E-state index contributed by atoms with van der Waals surface area (Å²) >= 11 is 0. The Labute approximate surface area is 176 Å². The minimum Gasteiger partial charge on any atom is -0.496 e. The fraction of sp³-hybridized carbons (Fsp3) is 0.238. The molecule has 0 amide bonds. The normalized spacial score (nSPS) is 13.4. The zero-order chi connectivity index (χ0) is 21.2. The number of rotatable bonds is 10. The molecule has 0 N–H and O–H groups in total. The SMILES string of the molecule is COc1cccc(OC)c1C=CS(=O)CS(=O)/C=C/c1c(OC)cccc1OC. The van der Waals surface area contributed by atoms with Crippen LogP contribution >= 0.6 is 0 Å². The smallest absolute Gasteiger partial charge is 0.129 e. The van der Waals surface area contributed by atoms with E-state index in [0.29, 0.717) is 34.1 Å². The van der Waals surface area contributed by atoms with E-state index in [1.165, 1.54) is 10.8 Å². The van der Waals surface area contributed by atoms with Gasteiger partial charge in [0, 0.05) is 10.8 Å². The highest BCUT2D eigenvalue weighted by Gasteiger charge is 2.09. The molecular weight excluding hydrogens is 412 g/mol. The molecule has 0 bridgehead atoms. The summed E-state index contributed by atoms with van der Waals surface area (Å²) in [7, 11) is 3.30. The molecule has 2 unspecified atom stereocenters. The molecule has 2 aromatic rings. The Morgan fingerprint density at radius 3 is 1.24 bits per heavy atom. The van der Waals surface area contributed by atoms with Crippen LogP contribution in [0.5, 0.6) is 23.0 Å². The van der Waals surface area contributed by atoms with Crippen LogP contribution in [0.3, 0.4) is 0 Å². The topological polar surface area (TPSA) is 71.1 Å². The highest BCUT2D eigenvalue weighted by atomic mass is 32.2. The summed E-state index contributed by atoms with van der Waals surface area (Å²) in [6.45, 7) is 0. The van der Waals surface area contributed by atoms with E-state index in [9.17, 15) is 8.42 Å². The lowest BCUT2D eigenvalue weighted by atomic mass is 10.2. The first-order chi connectivity index (χ1) is 14.0. The quantitative estimate of drug-likeness (QED) is 0.564. The van der Waals surface area contributed by atoms with Gasteiger partial charge >= 0.3 is 0 Å². The van der Waals surface area contributed by atoms with E-state index in [1.54, 1.807) is 77.0 Å². The predicted molar refractivity (Wildman–Crippen MR) is 118 cm³/mol. The molecule has 0 saturated heterocycles. The molecule has 0 fully saturated rings. The maximum absolute atomic E-state index is 12.3. The molecule has 0 aliphatic heterocycles. The van der Waals surface area contributed by atoms with Crippen LogP contribution in [0, 0.1) is 0 Å². The third kappa shape index (κ3) is 6.20. The summed E-state index contributed by atoms with van der Waals surface area (Å²) in [5.74, 6) is 2.40. The zero-order valence-electron chi connectivity index (χ0n) is 16.7. The van der Waals surface area contributed by atoms with Gasteiger partial charge in [0.05, 0.1) is 61.2 Å². The van der Waals surface area contributed by atoms with Gasteiger partial charge in [0.1, 0.15) is 28.1 Å². The summed E-state index contributed by atoms with van der Waals surface area (Å²) in [5.41, 5.74) is 1.34. The van der Waals surface area contributed by atoms with Crippen molar-refractivity contribution in [3.8, 4) is 23.0 Å². The molecule has 2 atom stereocenters. The number of hydrogen-bond donors (Lipinski definition) is 0. The van der Waals surface area contributed by atoms with E-state index in [0.717, 1.165) is 0 Å². The zero-order valence-corrected chi connectivity index (χ0v) is 18.4. The maximum atomic E-state index is 12.3. The van der Waals surface area contributed by atoms with Crippen LogP contribution in [0.15, 0.2) is 47.2 Å². The molecule has 2 aromatic carbocycles. The molecule has 0 saturated carbocycles. The van der Waals surface area contributed by atoms with Gasteiger partial charge in [-0.05, 0) is 36.4 Å².